The number of nitrogens with one attached hydrogen (secondary N) is 18. The minimum absolute atomic E-state index is 0.0128. The molecule has 0 radical (unpaired) electrons. The van der Waals surface area contributed by atoms with Crippen LogP contribution in [0.5, 0.6) is 0 Å². The molecule has 0 fully saturated rings. The lowest BCUT2D eigenvalue weighted by molar-refractivity contribution is -0.118. The van der Waals surface area contributed by atoms with Gasteiger partial charge in [0.05, 0.1) is 24.2 Å². The van der Waals surface area contributed by atoms with E-state index in [-0.39, 0.29) is 94.1 Å². The number of primary amides is 1. The Balaban J connectivity index is 1.37. The number of benzene rings is 2. The predicted octanol–water partition coefficient (Wildman–Crippen LogP) is 3.81. The number of aromatic amines is 2. The number of para-hydroxylation sites is 2. The topological polar surface area (TPSA) is 482 Å². The quantitative estimate of drug-likeness (QED) is 0.0222. The molecule has 0 saturated heterocycles. The number of nitrogens with two attached hydrogens (primary N) is 4. The average molecular weight is 1390 g/mol. The third kappa shape index (κ3) is 33.4. The van der Waals surface area contributed by atoms with Gasteiger partial charge in [-0.15, -0.1) is 0 Å². The maximum absolute atomic E-state index is 13.9. The van der Waals surface area contributed by atoms with Crippen molar-refractivity contribution in [1.82, 2.24) is 95.0 Å². The summed E-state index contributed by atoms with van der Waals surface area (Å²) in [5, 5.41) is 48.7. The minimum atomic E-state index is -0.620. The summed E-state index contributed by atoms with van der Waals surface area (Å²) in [5.74, 6) is -0.542. The number of aromatic nitrogens is 2. The summed E-state index contributed by atoms with van der Waals surface area (Å²) in [5.41, 5.74) is 26.4. The van der Waals surface area contributed by atoms with Gasteiger partial charge in [0.15, 0.2) is 0 Å². The fourth-order valence-electron chi connectivity index (χ4n) is 11.1. The van der Waals surface area contributed by atoms with Crippen LogP contribution >= 0.6 is 0 Å². The van der Waals surface area contributed by atoms with Crippen molar-refractivity contribution >= 4 is 76.0 Å². The van der Waals surface area contributed by atoms with Crippen molar-refractivity contribution < 1.29 is 43.2 Å². The van der Waals surface area contributed by atoms with E-state index in [9.17, 15) is 43.2 Å². The van der Waals surface area contributed by atoms with Gasteiger partial charge >= 0.3 is 48.2 Å². The van der Waals surface area contributed by atoms with Crippen LogP contribution in [0, 0.1) is 17.8 Å². The Morgan fingerprint density at radius 2 is 0.657 bits per heavy atom. The number of rotatable bonds is 45. The molecule has 99 heavy (non-hydrogen) atoms. The summed E-state index contributed by atoms with van der Waals surface area (Å²) in [6.07, 6.45) is 10.6. The Morgan fingerprint density at radius 1 is 0.354 bits per heavy atom. The summed E-state index contributed by atoms with van der Waals surface area (Å²) in [6, 6.07) is 7.68. The lowest BCUT2D eigenvalue weighted by Gasteiger charge is -2.26. The highest BCUT2D eigenvalue weighted by atomic mass is 16.2. The largest absolute Gasteiger partial charge is 0.370 e. The molecule has 2 aromatic carbocycles. The predicted molar refractivity (Wildman–Crippen MR) is 389 cm³/mol. The normalized spacial score (nSPS) is 13.8. The van der Waals surface area contributed by atoms with Crippen LogP contribution in [0.3, 0.4) is 0 Å². The number of carbonyl (C=O) groups excluding carboxylic acids is 9. The first-order chi connectivity index (χ1) is 47.4. The highest BCUT2D eigenvalue weighted by Gasteiger charge is 2.26. The maximum Gasteiger partial charge on any atom is 0.315 e. The van der Waals surface area contributed by atoms with Crippen molar-refractivity contribution in [3.8, 4) is 0 Å². The molecule has 0 aliphatic rings. The number of fused-ring (bicyclic) bond motifs is 2. The number of amides is 17. The van der Waals surface area contributed by atoms with Crippen LogP contribution in [0.1, 0.15) is 137 Å². The Labute approximate surface area is 583 Å². The van der Waals surface area contributed by atoms with E-state index in [4.69, 9.17) is 22.9 Å². The van der Waals surface area contributed by atoms with E-state index in [0.29, 0.717) is 96.7 Å². The first-order valence-electron chi connectivity index (χ1n) is 35.2. The highest BCUT2D eigenvalue weighted by molar-refractivity contribution is 5.85. The first-order valence-corrected chi connectivity index (χ1v) is 35.2. The fraction of sp³-hybridized carbons (Fsp3) is 0.632. The van der Waals surface area contributed by atoms with Gasteiger partial charge in [0.2, 0.25) is 5.91 Å². The second-order valence-corrected chi connectivity index (χ2v) is 26.8. The molecule has 0 aliphatic carbocycles. The lowest BCUT2D eigenvalue weighted by atomic mass is 9.99. The van der Waals surface area contributed by atoms with Gasteiger partial charge in [-0.1, -0.05) is 97.2 Å². The molecule has 4 aromatic rings. The number of urea groups is 8. The Morgan fingerprint density at radius 3 is 0.990 bits per heavy atom. The molecular formula is C68H118N22O9. The molecule has 0 aliphatic heterocycles. The van der Waals surface area contributed by atoms with Crippen molar-refractivity contribution in [1.29, 1.82) is 0 Å². The smallest absolute Gasteiger partial charge is 0.315 e. The SMILES string of the molecule is CC(C)NC(=O)N[C@H](CNC(=O)N[C@@H](CCCCN)CNC(=O)N[C@H](CNC(=O)[15NH][C@H](CNC(=O)N[C@@H](CCCCN)CNC(=O)N[C@H](CNC(=O)N[C@@H](CCCCN)CNC(=O)N[C@H](CCC(N)=O)C(C)C)Cc1c[nH]c2ccccc12)C(C)C)Cc1c[nH]c2ccccc12)C(C)C. The molecule has 0 spiro atoms. The molecule has 4 rings (SSSR count). The van der Waals surface area contributed by atoms with Gasteiger partial charge in [0, 0.05) is 117 Å². The summed E-state index contributed by atoms with van der Waals surface area (Å²) in [7, 11) is 0. The van der Waals surface area contributed by atoms with E-state index in [1.165, 1.54) is 0 Å². The zero-order valence-electron chi connectivity index (χ0n) is 59.4. The highest BCUT2D eigenvalue weighted by Crippen LogP contribution is 2.21. The maximum atomic E-state index is 13.9. The van der Waals surface area contributed by atoms with E-state index in [0.717, 1.165) is 32.9 Å². The van der Waals surface area contributed by atoms with Gasteiger partial charge in [-0.2, -0.15) is 0 Å². The fourth-order valence-corrected chi connectivity index (χ4v) is 11.1. The van der Waals surface area contributed by atoms with Crippen LogP contribution in [-0.2, 0) is 17.6 Å². The van der Waals surface area contributed by atoms with Crippen LogP contribution in [0.4, 0.5) is 38.4 Å². The number of carbonyl (C=O) groups is 9. The van der Waals surface area contributed by atoms with Gasteiger partial charge in [0.1, 0.15) is 0 Å². The lowest BCUT2D eigenvalue weighted by Crippen LogP contribution is -2.56. The summed E-state index contributed by atoms with van der Waals surface area (Å²) >= 11 is 0. The van der Waals surface area contributed by atoms with Crippen LogP contribution in [0.2, 0.25) is 0 Å². The van der Waals surface area contributed by atoms with Crippen LogP contribution in [0.25, 0.3) is 21.8 Å². The summed E-state index contributed by atoms with van der Waals surface area (Å²) in [6.45, 7) is 17.1. The van der Waals surface area contributed by atoms with Crippen LogP contribution < -0.4 is 108 Å². The van der Waals surface area contributed by atoms with E-state index < -0.39 is 84.4 Å². The summed E-state index contributed by atoms with van der Waals surface area (Å²) < 4.78 is 0. The zero-order valence-corrected chi connectivity index (χ0v) is 59.4. The van der Waals surface area contributed by atoms with Gasteiger partial charge in [-0.3, -0.25) is 4.79 Å². The van der Waals surface area contributed by atoms with E-state index >= 15 is 0 Å². The van der Waals surface area contributed by atoms with E-state index in [2.05, 4.69) is 95.0 Å². The number of hydrogen-bond donors (Lipinski definition) is 22. The number of H-pyrrole nitrogens is 2. The van der Waals surface area contributed by atoms with Crippen molar-refractivity contribution in [2.75, 3.05) is 65.4 Å². The Hall–Kier alpha value is -8.97. The third-order valence-corrected chi connectivity index (χ3v) is 17.0. The molecular weight excluding hydrogens is 1270 g/mol. The zero-order chi connectivity index (χ0) is 72.7. The third-order valence-electron chi connectivity index (χ3n) is 17.0. The molecule has 17 amide bonds. The molecule has 2 heterocycles. The molecule has 0 saturated carbocycles. The van der Waals surface area contributed by atoms with Crippen LogP contribution in [0.15, 0.2) is 60.9 Å². The monoisotopic (exact) mass is 1390 g/mol. The second kappa shape index (κ2) is 45.6. The van der Waals surface area contributed by atoms with Gasteiger partial charge in [0.25, 0.3) is 0 Å². The van der Waals surface area contributed by atoms with Crippen LogP contribution in [-0.4, -0.2) is 184 Å². The van der Waals surface area contributed by atoms with Gasteiger partial charge in [-0.25, -0.2) is 38.4 Å². The van der Waals surface area contributed by atoms with Crippen molar-refractivity contribution in [2.24, 2.45) is 40.7 Å². The number of hydrogen-bond acceptors (Lipinski definition) is 12. The standard InChI is InChI=1S/C68H118N22O9/c1-42(2)55(26-27-60(72)91)88-66(97)77-37-50(21-15-18-30-71)83-61(92)78-38-51(31-46-33-73-56-24-11-9-22-53(46)56)86-62(93)75-35-48(19-13-16-28-69)84-64(95)80-40-58(43(3)4)89-67(98)79-39-52(32-47-34-74-57-25-12-10-23-54(47)57)87-63(94)76-36-49(20-14-17-29-70)85-65(96)81-41-59(44(5)6)90-68(99)82-45(7)8/h9-12,22-25,33-34,42-45,48-52,55,58-59,73-74H,13-21,26-32,35-41,69-71H2,1-8H3,(H2,72,91)(H2,75,86,93)(H2,76,87,94)(H2,77,88,97)(H2,78,83,92)(H2,79,89,98)(H2,80,84,95)(H2,81,85,96)(H2,82,90,99)/t48-,49-,50-,51-,52-,55+,58+,59+/m0/s1/i89+1. The molecule has 8 atom stereocenters. The van der Waals surface area contributed by atoms with Crippen molar-refractivity contribution in [3.63, 3.8) is 0 Å². The van der Waals surface area contributed by atoms with Gasteiger partial charge < -0.3 is 118 Å². The average Bonchev–Trinajstić information content (AvgIpc) is 1.73. The second-order valence-electron chi connectivity index (χ2n) is 26.8. The molecule has 26 N–H and O–H groups in total. The first kappa shape index (κ1) is 82.5. The molecule has 0 bridgehead atoms. The molecule has 0 unspecified atom stereocenters. The minimum Gasteiger partial charge on any atom is -0.370 e. The van der Waals surface area contributed by atoms with Crippen molar-refractivity contribution in [3.05, 3.63) is 72.1 Å². The Bertz CT molecular complexity index is 3090. The Kier molecular flexibility index (Phi) is 38.0. The van der Waals surface area contributed by atoms with Crippen molar-refractivity contribution in [2.45, 2.75) is 193 Å². The van der Waals surface area contributed by atoms with Gasteiger partial charge in [-0.05, 0) is 132 Å². The molecule has 554 valence electrons. The molecule has 2 aromatic heterocycles. The molecule has 31 heteroatoms. The van der Waals surface area contributed by atoms with E-state index in [1.807, 2.05) is 116 Å². The summed E-state index contributed by atoms with van der Waals surface area (Å²) in [4.78, 5) is 126. The molecule has 31 nitrogen and oxygen atoms in total. The number of unbranched alkanes of at least 4 members (excludes halogenated alkanes) is 3. The van der Waals surface area contributed by atoms with E-state index in [1.54, 1.807) is 0 Å².